The highest BCUT2D eigenvalue weighted by molar-refractivity contribution is 7.92. The first-order valence-corrected chi connectivity index (χ1v) is 12.5. The van der Waals surface area contributed by atoms with Gasteiger partial charge in [0.15, 0.2) is 0 Å². The van der Waals surface area contributed by atoms with Crippen LogP contribution in [0.25, 0.3) is 0 Å². The molecule has 2 amide bonds. The van der Waals surface area contributed by atoms with Crippen LogP contribution in [-0.2, 0) is 26.2 Å². The van der Waals surface area contributed by atoms with E-state index in [0.717, 1.165) is 21.7 Å². The number of hydrogen-bond donors (Lipinski definition) is 1. The Hall–Kier alpha value is -2.58. The van der Waals surface area contributed by atoms with Crippen molar-refractivity contribution < 1.29 is 18.0 Å². The molecule has 0 unspecified atom stereocenters. The summed E-state index contributed by atoms with van der Waals surface area (Å²) in [6.45, 7) is 7.27. The van der Waals surface area contributed by atoms with Crippen LogP contribution >= 0.6 is 11.6 Å². The third-order valence-electron chi connectivity index (χ3n) is 5.06. The molecular weight excluding hydrogens is 450 g/mol. The van der Waals surface area contributed by atoms with E-state index in [0.29, 0.717) is 22.8 Å². The summed E-state index contributed by atoms with van der Waals surface area (Å²) in [6, 6.07) is 11.6. The Labute approximate surface area is 195 Å². The zero-order chi connectivity index (χ0) is 24.1. The average molecular weight is 480 g/mol. The van der Waals surface area contributed by atoms with Crippen molar-refractivity contribution in [3.63, 3.8) is 0 Å². The van der Waals surface area contributed by atoms with E-state index in [1.807, 2.05) is 31.2 Å². The molecule has 2 aromatic rings. The van der Waals surface area contributed by atoms with E-state index >= 15 is 0 Å². The number of benzene rings is 2. The average Bonchev–Trinajstić information content (AvgIpc) is 2.69. The molecule has 9 heteroatoms. The van der Waals surface area contributed by atoms with Gasteiger partial charge in [-0.25, -0.2) is 8.42 Å². The van der Waals surface area contributed by atoms with Crippen molar-refractivity contribution in [1.82, 2.24) is 10.2 Å². The summed E-state index contributed by atoms with van der Waals surface area (Å²) >= 11 is 6.01. The minimum Gasteiger partial charge on any atom is -0.355 e. The maximum atomic E-state index is 13.4. The van der Waals surface area contributed by atoms with E-state index in [9.17, 15) is 18.0 Å². The normalized spacial score (nSPS) is 12.2. The Morgan fingerprint density at radius 3 is 2.38 bits per heavy atom. The molecule has 0 aliphatic carbocycles. The molecular formula is C23H30ClN3O4S. The number of amides is 2. The van der Waals surface area contributed by atoms with Crippen molar-refractivity contribution in [3.8, 4) is 0 Å². The van der Waals surface area contributed by atoms with Crippen LogP contribution in [0.1, 0.15) is 30.5 Å². The van der Waals surface area contributed by atoms with Gasteiger partial charge in [0.25, 0.3) is 0 Å². The predicted octanol–water partition coefficient (Wildman–Crippen LogP) is 3.28. The summed E-state index contributed by atoms with van der Waals surface area (Å²) in [5.74, 6) is -0.785. The van der Waals surface area contributed by atoms with Crippen LogP contribution in [-0.4, -0.2) is 50.5 Å². The van der Waals surface area contributed by atoms with E-state index in [2.05, 4.69) is 5.32 Å². The summed E-state index contributed by atoms with van der Waals surface area (Å²) in [6.07, 6.45) is 1.05. The fraction of sp³-hybridized carbons (Fsp3) is 0.391. The van der Waals surface area contributed by atoms with E-state index in [1.54, 1.807) is 39.0 Å². The summed E-state index contributed by atoms with van der Waals surface area (Å²) in [5.41, 5.74) is 2.86. The number of nitrogens with one attached hydrogen (secondary N) is 1. The highest BCUT2D eigenvalue weighted by Crippen LogP contribution is 2.26. The first-order chi connectivity index (χ1) is 14.9. The summed E-state index contributed by atoms with van der Waals surface area (Å²) in [5, 5.41) is 3.20. The Morgan fingerprint density at radius 2 is 1.81 bits per heavy atom. The number of sulfonamides is 1. The fourth-order valence-electron chi connectivity index (χ4n) is 3.41. The topological polar surface area (TPSA) is 86.8 Å². The smallest absolute Gasteiger partial charge is 0.244 e. The molecule has 0 aliphatic heterocycles. The quantitative estimate of drug-likeness (QED) is 0.598. The van der Waals surface area contributed by atoms with Crippen molar-refractivity contribution in [3.05, 3.63) is 64.2 Å². The Kier molecular flexibility index (Phi) is 8.69. The van der Waals surface area contributed by atoms with Crippen molar-refractivity contribution in [2.45, 2.75) is 40.3 Å². The fourth-order valence-corrected chi connectivity index (χ4v) is 4.54. The maximum Gasteiger partial charge on any atom is 0.244 e. The molecule has 0 bridgehead atoms. The second-order valence-electron chi connectivity index (χ2n) is 7.78. The largest absolute Gasteiger partial charge is 0.355 e. The van der Waals surface area contributed by atoms with E-state index in [-0.39, 0.29) is 12.5 Å². The van der Waals surface area contributed by atoms with E-state index in [4.69, 9.17) is 11.6 Å². The van der Waals surface area contributed by atoms with Gasteiger partial charge in [-0.15, -0.1) is 0 Å². The van der Waals surface area contributed by atoms with E-state index in [1.165, 1.54) is 4.90 Å². The van der Waals surface area contributed by atoms with Crippen LogP contribution in [0, 0.1) is 13.8 Å². The van der Waals surface area contributed by atoms with Crippen LogP contribution in [0.5, 0.6) is 0 Å². The lowest BCUT2D eigenvalue weighted by atomic mass is 10.1. The molecule has 1 atom stereocenters. The summed E-state index contributed by atoms with van der Waals surface area (Å²) in [4.78, 5) is 27.3. The highest BCUT2D eigenvalue weighted by Gasteiger charge is 2.30. The molecule has 0 aliphatic rings. The minimum atomic E-state index is -3.78. The van der Waals surface area contributed by atoms with Crippen molar-refractivity contribution in [2.75, 3.05) is 23.7 Å². The van der Waals surface area contributed by atoms with Gasteiger partial charge in [0.05, 0.1) is 11.9 Å². The lowest BCUT2D eigenvalue weighted by molar-refractivity contribution is -0.139. The Bertz CT molecular complexity index is 1090. The SMILES string of the molecule is CCNC(=O)[C@@H](C)N(Cc1cccc(C)c1)C(=O)CN(c1ccc(Cl)cc1C)S(C)(=O)=O. The maximum absolute atomic E-state index is 13.4. The number of anilines is 1. The standard InChI is InChI=1S/C23H30ClN3O4S/c1-6-25-23(29)18(4)26(14-19-9-7-8-16(2)12-19)22(28)15-27(32(5,30)31)21-11-10-20(24)13-17(21)3/h7-13,18H,6,14-15H2,1-5H3,(H,25,29)/t18-/m1/s1. The van der Waals surface area contributed by atoms with Gasteiger partial charge in [0.1, 0.15) is 12.6 Å². The van der Waals surface area contributed by atoms with Gasteiger partial charge in [-0.1, -0.05) is 41.4 Å². The zero-order valence-corrected chi connectivity index (χ0v) is 20.6. The molecule has 1 N–H and O–H groups in total. The second kappa shape index (κ2) is 10.8. The number of carbonyl (C=O) groups is 2. The van der Waals surface area contributed by atoms with Gasteiger partial charge in [-0.05, 0) is 57.0 Å². The Morgan fingerprint density at radius 1 is 1.12 bits per heavy atom. The summed E-state index contributed by atoms with van der Waals surface area (Å²) in [7, 11) is -3.78. The number of carbonyl (C=O) groups excluding carboxylic acids is 2. The van der Waals surface area contributed by atoms with Gasteiger partial charge < -0.3 is 10.2 Å². The molecule has 0 saturated heterocycles. The van der Waals surface area contributed by atoms with Crippen LogP contribution in [0.2, 0.25) is 5.02 Å². The van der Waals surface area contributed by atoms with Crippen LogP contribution in [0.3, 0.4) is 0 Å². The number of likely N-dealkylation sites (N-methyl/N-ethyl adjacent to an activating group) is 1. The highest BCUT2D eigenvalue weighted by atomic mass is 35.5. The van der Waals surface area contributed by atoms with Gasteiger partial charge in [0.2, 0.25) is 21.8 Å². The van der Waals surface area contributed by atoms with Gasteiger partial charge >= 0.3 is 0 Å². The van der Waals surface area contributed by atoms with Crippen LogP contribution in [0.15, 0.2) is 42.5 Å². The molecule has 0 aromatic heterocycles. The summed E-state index contributed by atoms with van der Waals surface area (Å²) < 4.78 is 26.2. The van der Waals surface area contributed by atoms with Gasteiger partial charge in [-0.2, -0.15) is 0 Å². The monoisotopic (exact) mass is 479 g/mol. The van der Waals surface area contributed by atoms with E-state index < -0.39 is 28.5 Å². The first-order valence-electron chi connectivity index (χ1n) is 10.3. The van der Waals surface area contributed by atoms with Gasteiger partial charge in [-0.3, -0.25) is 13.9 Å². The first kappa shape index (κ1) is 25.7. The molecule has 0 spiro atoms. The second-order valence-corrected chi connectivity index (χ2v) is 10.1. The predicted molar refractivity (Wildman–Crippen MR) is 128 cm³/mol. The molecule has 0 saturated carbocycles. The number of rotatable bonds is 9. The molecule has 174 valence electrons. The number of hydrogen-bond acceptors (Lipinski definition) is 4. The molecule has 7 nitrogen and oxygen atoms in total. The number of nitrogens with zero attached hydrogens (tertiary/aromatic N) is 2. The molecule has 0 heterocycles. The molecule has 0 fully saturated rings. The molecule has 2 rings (SSSR count). The third kappa shape index (κ3) is 6.71. The van der Waals surface area contributed by atoms with Crippen LogP contribution < -0.4 is 9.62 Å². The number of halogens is 1. The molecule has 32 heavy (non-hydrogen) atoms. The van der Waals surface area contributed by atoms with Gasteiger partial charge in [0, 0.05) is 18.1 Å². The van der Waals surface area contributed by atoms with Crippen molar-refractivity contribution in [2.24, 2.45) is 0 Å². The lowest BCUT2D eigenvalue weighted by Gasteiger charge is -2.32. The van der Waals surface area contributed by atoms with Crippen molar-refractivity contribution in [1.29, 1.82) is 0 Å². The van der Waals surface area contributed by atoms with Crippen molar-refractivity contribution >= 4 is 39.1 Å². The zero-order valence-electron chi connectivity index (χ0n) is 19.1. The Balaban J connectivity index is 2.42. The number of aryl methyl sites for hydroxylation is 2. The molecule has 0 radical (unpaired) electrons. The third-order valence-corrected chi connectivity index (χ3v) is 6.42. The molecule has 2 aromatic carbocycles. The minimum absolute atomic E-state index is 0.177. The van der Waals surface area contributed by atoms with Crippen LogP contribution in [0.4, 0.5) is 5.69 Å². The lowest BCUT2D eigenvalue weighted by Crippen LogP contribution is -2.51.